The number of fused-ring (bicyclic) bond motifs is 1. The first-order valence-corrected chi connectivity index (χ1v) is 8.58. The van der Waals surface area contributed by atoms with Gasteiger partial charge in [-0.05, 0) is 38.0 Å². The number of nitrogens with two attached hydrogens (primary N) is 1. The van der Waals surface area contributed by atoms with E-state index in [9.17, 15) is 13.2 Å². The largest absolute Gasteiger partial charge is 0.369 e. The molecule has 2 aromatic rings. The van der Waals surface area contributed by atoms with Gasteiger partial charge in [0, 0.05) is 19.0 Å². The van der Waals surface area contributed by atoms with E-state index >= 15 is 0 Å². The average molecular weight is 322 g/mol. The first kappa shape index (κ1) is 15.0. The molecule has 0 aliphatic carbocycles. The molecule has 22 heavy (non-hydrogen) atoms. The molecule has 1 aromatic carbocycles. The quantitative estimate of drug-likeness (QED) is 0.869. The highest BCUT2D eigenvalue weighted by Gasteiger charge is 2.31. The van der Waals surface area contributed by atoms with Crippen LogP contribution < -0.4 is 5.73 Å². The average Bonchev–Trinajstić information content (AvgIpc) is 2.86. The van der Waals surface area contributed by atoms with Crippen molar-refractivity contribution >= 4 is 27.0 Å². The molecule has 1 amide bonds. The third kappa shape index (κ3) is 2.59. The predicted octanol–water partition coefficient (Wildman–Crippen LogP) is 0.757. The van der Waals surface area contributed by atoms with Crippen molar-refractivity contribution in [1.82, 2.24) is 14.3 Å². The maximum Gasteiger partial charge on any atom is 0.243 e. The number of aromatic amines is 1. The molecule has 7 nitrogen and oxygen atoms in total. The molecule has 0 saturated carbocycles. The van der Waals surface area contributed by atoms with Crippen LogP contribution in [0.5, 0.6) is 0 Å². The van der Waals surface area contributed by atoms with Crippen LogP contribution in [-0.2, 0) is 14.8 Å². The number of nitrogens with zero attached hydrogens (tertiary/aromatic N) is 2. The summed E-state index contributed by atoms with van der Waals surface area (Å²) in [6, 6.07) is 4.87. The summed E-state index contributed by atoms with van der Waals surface area (Å²) in [4.78, 5) is 18.7. The summed E-state index contributed by atoms with van der Waals surface area (Å²) in [6.45, 7) is 2.45. The minimum absolute atomic E-state index is 0.232. The van der Waals surface area contributed by atoms with Gasteiger partial charge in [-0.25, -0.2) is 13.4 Å². The van der Waals surface area contributed by atoms with E-state index in [-0.39, 0.29) is 16.7 Å². The van der Waals surface area contributed by atoms with Crippen LogP contribution in [0.15, 0.2) is 23.1 Å². The van der Waals surface area contributed by atoms with Crippen molar-refractivity contribution in [3.63, 3.8) is 0 Å². The zero-order chi connectivity index (χ0) is 15.9. The molecule has 0 atom stereocenters. The number of imidazole rings is 1. The third-order valence-corrected chi connectivity index (χ3v) is 5.96. The molecule has 0 unspecified atom stereocenters. The number of rotatable bonds is 3. The van der Waals surface area contributed by atoms with Gasteiger partial charge in [-0.1, -0.05) is 0 Å². The van der Waals surface area contributed by atoms with E-state index in [4.69, 9.17) is 5.73 Å². The lowest BCUT2D eigenvalue weighted by atomic mass is 9.98. The standard InChI is InChI=1S/C14H18N4O3S/c1-9-16-12-3-2-11(8-13(12)17-9)22(20,21)18-6-4-10(5-7-18)14(15)19/h2-3,8,10H,4-7H2,1H3,(H2,15,19)(H,16,17). The highest BCUT2D eigenvalue weighted by Crippen LogP contribution is 2.25. The van der Waals surface area contributed by atoms with Crippen LogP contribution in [0.4, 0.5) is 0 Å². The monoisotopic (exact) mass is 322 g/mol. The van der Waals surface area contributed by atoms with E-state index in [1.54, 1.807) is 18.2 Å². The fraction of sp³-hybridized carbons (Fsp3) is 0.429. The van der Waals surface area contributed by atoms with Gasteiger partial charge in [-0.15, -0.1) is 0 Å². The summed E-state index contributed by atoms with van der Waals surface area (Å²) in [5.74, 6) is 0.155. The summed E-state index contributed by atoms with van der Waals surface area (Å²) < 4.78 is 26.8. The molecule has 8 heteroatoms. The van der Waals surface area contributed by atoms with Gasteiger partial charge in [0.25, 0.3) is 0 Å². The SMILES string of the molecule is Cc1nc2ccc(S(=O)(=O)N3CCC(C(N)=O)CC3)cc2[nH]1. The Balaban J connectivity index is 1.87. The van der Waals surface area contributed by atoms with E-state index in [1.165, 1.54) is 4.31 Å². The van der Waals surface area contributed by atoms with E-state index in [2.05, 4.69) is 9.97 Å². The fourth-order valence-corrected chi connectivity index (χ4v) is 4.30. The Labute approximate surface area is 128 Å². The number of benzene rings is 1. The molecule has 3 N–H and O–H groups in total. The number of aryl methyl sites for hydroxylation is 1. The zero-order valence-corrected chi connectivity index (χ0v) is 13.1. The zero-order valence-electron chi connectivity index (χ0n) is 12.2. The normalized spacial score (nSPS) is 17.9. The van der Waals surface area contributed by atoms with Gasteiger partial charge in [0.1, 0.15) is 5.82 Å². The van der Waals surface area contributed by atoms with Crippen LogP contribution in [0.3, 0.4) is 0 Å². The molecule has 1 aromatic heterocycles. The van der Waals surface area contributed by atoms with Gasteiger partial charge < -0.3 is 10.7 Å². The molecule has 1 fully saturated rings. The minimum Gasteiger partial charge on any atom is -0.369 e. The molecular formula is C14H18N4O3S. The lowest BCUT2D eigenvalue weighted by Gasteiger charge is -2.29. The number of H-pyrrole nitrogens is 1. The van der Waals surface area contributed by atoms with Crippen LogP contribution in [0.1, 0.15) is 18.7 Å². The van der Waals surface area contributed by atoms with E-state index in [0.29, 0.717) is 31.4 Å². The molecule has 118 valence electrons. The van der Waals surface area contributed by atoms with E-state index in [1.807, 2.05) is 6.92 Å². The van der Waals surface area contributed by atoms with Crippen LogP contribution in [0.25, 0.3) is 11.0 Å². The van der Waals surface area contributed by atoms with Crippen molar-refractivity contribution < 1.29 is 13.2 Å². The Morgan fingerprint density at radius 3 is 2.68 bits per heavy atom. The molecule has 0 radical (unpaired) electrons. The topological polar surface area (TPSA) is 109 Å². The van der Waals surface area contributed by atoms with Crippen molar-refractivity contribution in [1.29, 1.82) is 0 Å². The highest BCUT2D eigenvalue weighted by atomic mass is 32.2. The number of piperidine rings is 1. The first-order chi connectivity index (χ1) is 10.4. The number of carbonyl (C=O) groups excluding carboxylic acids is 1. The summed E-state index contributed by atoms with van der Waals surface area (Å²) in [5.41, 5.74) is 6.72. The Hall–Kier alpha value is -1.93. The number of amides is 1. The fourth-order valence-electron chi connectivity index (χ4n) is 2.81. The van der Waals surface area contributed by atoms with Crippen LogP contribution in [0.2, 0.25) is 0 Å². The number of hydrogen-bond acceptors (Lipinski definition) is 4. The van der Waals surface area contributed by atoms with Crippen molar-refractivity contribution in [3.05, 3.63) is 24.0 Å². The molecule has 1 saturated heterocycles. The Bertz CT molecular complexity index is 820. The van der Waals surface area contributed by atoms with Crippen molar-refractivity contribution in [2.75, 3.05) is 13.1 Å². The van der Waals surface area contributed by atoms with Crippen molar-refractivity contribution in [3.8, 4) is 0 Å². The number of nitrogens with one attached hydrogen (secondary N) is 1. The number of primary amides is 1. The maximum absolute atomic E-state index is 12.7. The van der Waals surface area contributed by atoms with Gasteiger partial charge >= 0.3 is 0 Å². The molecule has 1 aliphatic rings. The van der Waals surface area contributed by atoms with Crippen LogP contribution >= 0.6 is 0 Å². The second kappa shape index (κ2) is 5.36. The Kier molecular flexibility index (Phi) is 3.65. The number of aromatic nitrogens is 2. The number of carbonyl (C=O) groups is 1. The summed E-state index contributed by atoms with van der Waals surface area (Å²) in [5, 5.41) is 0. The van der Waals surface area contributed by atoms with Gasteiger partial charge in [-0.2, -0.15) is 4.31 Å². The van der Waals surface area contributed by atoms with E-state index < -0.39 is 10.0 Å². The molecule has 2 heterocycles. The lowest BCUT2D eigenvalue weighted by Crippen LogP contribution is -2.41. The maximum atomic E-state index is 12.7. The predicted molar refractivity (Wildman–Crippen MR) is 81.5 cm³/mol. The number of hydrogen-bond donors (Lipinski definition) is 2. The molecule has 3 rings (SSSR count). The summed E-state index contributed by atoms with van der Waals surface area (Å²) in [7, 11) is -3.56. The molecule has 0 bridgehead atoms. The molecule has 0 spiro atoms. The smallest absolute Gasteiger partial charge is 0.243 e. The van der Waals surface area contributed by atoms with Gasteiger partial charge in [0.05, 0.1) is 15.9 Å². The second-order valence-corrected chi connectivity index (χ2v) is 7.52. The Morgan fingerprint density at radius 2 is 2.05 bits per heavy atom. The van der Waals surface area contributed by atoms with E-state index in [0.717, 1.165) is 11.3 Å². The molecule has 1 aliphatic heterocycles. The molecular weight excluding hydrogens is 304 g/mol. The van der Waals surface area contributed by atoms with Crippen molar-refractivity contribution in [2.24, 2.45) is 11.7 Å². The highest BCUT2D eigenvalue weighted by molar-refractivity contribution is 7.89. The first-order valence-electron chi connectivity index (χ1n) is 7.14. The minimum atomic E-state index is -3.56. The Morgan fingerprint density at radius 1 is 1.36 bits per heavy atom. The summed E-state index contributed by atoms with van der Waals surface area (Å²) >= 11 is 0. The third-order valence-electron chi connectivity index (χ3n) is 4.07. The van der Waals surface area contributed by atoms with Crippen LogP contribution in [0, 0.1) is 12.8 Å². The van der Waals surface area contributed by atoms with Gasteiger partial charge in [-0.3, -0.25) is 4.79 Å². The second-order valence-electron chi connectivity index (χ2n) is 5.58. The number of sulfonamides is 1. The van der Waals surface area contributed by atoms with Gasteiger partial charge in [0.15, 0.2) is 0 Å². The summed E-state index contributed by atoms with van der Waals surface area (Å²) in [6.07, 6.45) is 0.944. The lowest BCUT2D eigenvalue weighted by molar-refractivity contribution is -0.122. The van der Waals surface area contributed by atoms with Crippen molar-refractivity contribution in [2.45, 2.75) is 24.7 Å². The van der Waals surface area contributed by atoms with Gasteiger partial charge in [0.2, 0.25) is 15.9 Å². The van der Waals surface area contributed by atoms with Crippen LogP contribution in [-0.4, -0.2) is 41.7 Å².